The van der Waals surface area contributed by atoms with Gasteiger partial charge in [-0.3, -0.25) is 14.4 Å². The molecule has 204 valence electrons. The lowest BCUT2D eigenvalue weighted by atomic mass is 10.1. The molecular formula is C31H29FN4O4. The first-order chi connectivity index (χ1) is 19.4. The molecule has 0 spiro atoms. The molecule has 1 N–H and O–H groups in total. The summed E-state index contributed by atoms with van der Waals surface area (Å²) >= 11 is 0. The number of amides is 3. The van der Waals surface area contributed by atoms with E-state index in [0.29, 0.717) is 55.4 Å². The van der Waals surface area contributed by atoms with Gasteiger partial charge in [-0.05, 0) is 54.1 Å². The van der Waals surface area contributed by atoms with E-state index in [0.717, 1.165) is 11.6 Å². The van der Waals surface area contributed by atoms with Crippen LogP contribution in [-0.4, -0.2) is 60.7 Å². The summed E-state index contributed by atoms with van der Waals surface area (Å²) in [5, 5.41) is 2.78. The molecule has 8 nitrogen and oxygen atoms in total. The SMILES string of the molecule is CN(Cc1ccccc1)C(=O)c1cc(NC(=O)c2cccc(F)c2)ccc1N1CCN(C(=O)c2ccco2)CC1. The standard InChI is InChI=1S/C31H29FN4O4/c1-34(21-22-7-3-2-4-8-22)30(38)26-20-25(33-29(37)23-9-5-10-24(32)19-23)12-13-27(26)35-14-16-36(17-15-35)31(39)28-11-6-18-40-28/h2-13,18-20H,14-17,21H2,1H3,(H,33,37). The number of rotatable bonds is 7. The van der Waals surface area contributed by atoms with E-state index in [9.17, 15) is 18.8 Å². The Morgan fingerprint density at radius 3 is 2.38 bits per heavy atom. The van der Waals surface area contributed by atoms with Crippen LogP contribution >= 0.6 is 0 Å². The minimum absolute atomic E-state index is 0.168. The van der Waals surface area contributed by atoms with Crippen LogP contribution in [0.15, 0.2) is 95.6 Å². The third-order valence-corrected chi connectivity index (χ3v) is 6.82. The summed E-state index contributed by atoms with van der Waals surface area (Å²) in [5.74, 6) is -1.07. The molecule has 0 aliphatic carbocycles. The summed E-state index contributed by atoms with van der Waals surface area (Å²) in [6, 6.07) is 23.6. The average molecular weight is 541 g/mol. The van der Waals surface area contributed by atoms with E-state index in [-0.39, 0.29) is 17.4 Å². The van der Waals surface area contributed by atoms with Crippen LogP contribution in [0.4, 0.5) is 15.8 Å². The smallest absolute Gasteiger partial charge is 0.289 e. The van der Waals surface area contributed by atoms with Crippen LogP contribution in [0.25, 0.3) is 0 Å². The molecule has 1 aliphatic heterocycles. The van der Waals surface area contributed by atoms with Gasteiger partial charge < -0.3 is 24.4 Å². The number of benzene rings is 3. The van der Waals surface area contributed by atoms with E-state index in [1.807, 2.05) is 30.3 Å². The number of nitrogens with zero attached hydrogens (tertiary/aromatic N) is 3. The first kappa shape index (κ1) is 26.7. The number of halogens is 1. The maximum absolute atomic E-state index is 13.8. The molecule has 1 fully saturated rings. The molecule has 9 heteroatoms. The van der Waals surface area contributed by atoms with Gasteiger partial charge in [0.15, 0.2) is 5.76 Å². The van der Waals surface area contributed by atoms with Gasteiger partial charge in [0.05, 0.1) is 11.8 Å². The van der Waals surface area contributed by atoms with E-state index in [4.69, 9.17) is 4.42 Å². The summed E-state index contributed by atoms with van der Waals surface area (Å²) in [4.78, 5) is 44.7. The topological polar surface area (TPSA) is 86.1 Å². The van der Waals surface area contributed by atoms with Crippen molar-refractivity contribution in [3.05, 3.63) is 119 Å². The largest absolute Gasteiger partial charge is 0.459 e. The summed E-state index contributed by atoms with van der Waals surface area (Å²) < 4.78 is 18.9. The molecule has 0 unspecified atom stereocenters. The van der Waals surface area contributed by atoms with E-state index in [1.54, 1.807) is 47.2 Å². The molecule has 2 heterocycles. The Bertz CT molecular complexity index is 1500. The molecule has 3 aromatic carbocycles. The summed E-state index contributed by atoms with van der Waals surface area (Å²) in [6.45, 7) is 2.37. The fourth-order valence-electron chi connectivity index (χ4n) is 4.74. The highest BCUT2D eigenvalue weighted by atomic mass is 19.1. The van der Waals surface area contributed by atoms with Gasteiger partial charge in [-0.15, -0.1) is 0 Å². The normalized spacial score (nSPS) is 13.2. The Morgan fingerprint density at radius 1 is 0.900 bits per heavy atom. The monoisotopic (exact) mass is 540 g/mol. The van der Waals surface area contributed by atoms with Gasteiger partial charge in [-0.25, -0.2) is 4.39 Å². The molecule has 0 atom stereocenters. The molecule has 0 saturated carbocycles. The first-order valence-electron chi connectivity index (χ1n) is 13.0. The van der Waals surface area contributed by atoms with Crippen molar-refractivity contribution in [2.45, 2.75) is 6.54 Å². The van der Waals surface area contributed by atoms with Crippen molar-refractivity contribution in [1.82, 2.24) is 9.80 Å². The molecule has 3 amide bonds. The van der Waals surface area contributed by atoms with Crippen LogP contribution in [0, 0.1) is 5.82 Å². The van der Waals surface area contributed by atoms with Gasteiger partial charge in [-0.2, -0.15) is 0 Å². The third-order valence-electron chi connectivity index (χ3n) is 6.82. The molecule has 5 rings (SSSR count). The van der Waals surface area contributed by atoms with Crippen molar-refractivity contribution in [3.8, 4) is 0 Å². The van der Waals surface area contributed by atoms with E-state index in [1.165, 1.54) is 24.5 Å². The van der Waals surface area contributed by atoms with Crippen LogP contribution in [0.1, 0.15) is 36.8 Å². The lowest BCUT2D eigenvalue weighted by molar-refractivity contribution is 0.0712. The second-order valence-corrected chi connectivity index (χ2v) is 9.60. The molecule has 1 saturated heterocycles. The lowest BCUT2D eigenvalue weighted by Crippen LogP contribution is -2.49. The van der Waals surface area contributed by atoms with Gasteiger partial charge in [0.2, 0.25) is 0 Å². The number of furan rings is 1. The number of piperazine rings is 1. The molecular weight excluding hydrogens is 511 g/mol. The highest BCUT2D eigenvalue weighted by Crippen LogP contribution is 2.28. The highest BCUT2D eigenvalue weighted by molar-refractivity contribution is 6.06. The van der Waals surface area contributed by atoms with Crippen molar-refractivity contribution in [3.63, 3.8) is 0 Å². The zero-order valence-corrected chi connectivity index (χ0v) is 22.0. The number of anilines is 2. The Balaban J connectivity index is 1.38. The zero-order chi connectivity index (χ0) is 28.1. The summed E-state index contributed by atoms with van der Waals surface area (Å²) in [5.41, 5.74) is 2.71. The van der Waals surface area contributed by atoms with Crippen LogP contribution < -0.4 is 10.2 Å². The number of nitrogens with one attached hydrogen (secondary N) is 1. The number of hydrogen-bond acceptors (Lipinski definition) is 5. The second kappa shape index (κ2) is 11.9. The molecule has 1 aromatic heterocycles. The number of carbonyl (C=O) groups is 3. The summed E-state index contributed by atoms with van der Waals surface area (Å²) in [7, 11) is 1.73. The third kappa shape index (κ3) is 6.04. The first-order valence-corrected chi connectivity index (χ1v) is 13.0. The maximum Gasteiger partial charge on any atom is 0.289 e. The molecule has 1 aliphatic rings. The van der Waals surface area contributed by atoms with Crippen molar-refractivity contribution in [2.24, 2.45) is 0 Å². The van der Waals surface area contributed by atoms with Crippen molar-refractivity contribution >= 4 is 29.1 Å². The second-order valence-electron chi connectivity index (χ2n) is 9.60. The Hall–Kier alpha value is -4.92. The van der Waals surface area contributed by atoms with E-state index >= 15 is 0 Å². The minimum Gasteiger partial charge on any atom is -0.459 e. The van der Waals surface area contributed by atoms with Crippen molar-refractivity contribution in [2.75, 3.05) is 43.4 Å². The molecule has 0 bridgehead atoms. The lowest BCUT2D eigenvalue weighted by Gasteiger charge is -2.37. The van der Waals surface area contributed by atoms with E-state index < -0.39 is 11.7 Å². The Kier molecular flexibility index (Phi) is 7.91. The average Bonchev–Trinajstić information content (AvgIpc) is 3.52. The van der Waals surface area contributed by atoms with Crippen molar-refractivity contribution < 1.29 is 23.2 Å². The van der Waals surface area contributed by atoms with Gasteiger partial charge in [0.25, 0.3) is 17.7 Å². The molecule has 4 aromatic rings. The molecule has 40 heavy (non-hydrogen) atoms. The van der Waals surface area contributed by atoms with Crippen LogP contribution in [0.2, 0.25) is 0 Å². The Labute approximate surface area is 231 Å². The molecule has 0 radical (unpaired) electrons. The predicted molar refractivity (Wildman–Crippen MR) is 150 cm³/mol. The van der Waals surface area contributed by atoms with Gasteiger partial charge in [0, 0.05) is 56.7 Å². The minimum atomic E-state index is -0.508. The Morgan fingerprint density at radius 2 is 1.68 bits per heavy atom. The van der Waals surface area contributed by atoms with E-state index in [2.05, 4.69) is 10.2 Å². The van der Waals surface area contributed by atoms with Gasteiger partial charge in [0.1, 0.15) is 5.82 Å². The van der Waals surface area contributed by atoms with Crippen LogP contribution in [0.5, 0.6) is 0 Å². The van der Waals surface area contributed by atoms with Crippen molar-refractivity contribution in [1.29, 1.82) is 0 Å². The quantitative estimate of drug-likeness (QED) is 0.360. The van der Waals surface area contributed by atoms with Crippen LogP contribution in [-0.2, 0) is 6.54 Å². The maximum atomic E-state index is 13.8. The highest BCUT2D eigenvalue weighted by Gasteiger charge is 2.27. The van der Waals surface area contributed by atoms with Crippen LogP contribution in [0.3, 0.4) is 0 Å². The number of hydrogen-bond donors (Lipinski definition) is 1. The number of carbonyl (C=O) groups excluding carboxylic acids is 3. The summed E-state index contributed by atoms with van der Waals surface area (Å²) in [6.07, 6.45) is 1.47. The fraction of sp³-hybridized carbons (Fsp3) is 0.194. The fourth-order valence-corrected chi connectivity index (χ4v) is 4.74. The van der Waals surface area contributed by atoms with Gasteiger partial charge in [-0.1, -0.05) is 36.4 Å². The van der Waals surface area contributed by atoms with Gasteiger partial charge >= 0.3 is 0 Å². The zero-order valence-electron chi connectivity index (χ0n) is 22.0. The predicted octanol–water partition coefficient (Wildman–Crippen LogP) is 4.91.